The molecule has 0 radical (unpaired) electrons. The van der Waals surface area contributed by atoms with E-state index in [0.29, 0.717) is 12.8 Å². The third kappa shape index (κ3) is 2.43. The molecule has 1 aromatic rings. The third-order valence-electron chi connectivity index (χ3n) is 4.60. The van der Waals surface area contributed by atoms with E-state index in [9.17, 15) is 9.59 Å². The van der Waals surface area contributed by atoms with Gasteiger partial charge in [0.05, 0.1) is 0 Å². The van der Waals surface area contributed by atoms with Gasteiger partial charge in [-0.2, -0.15) is 0 Å². The van der Waals surface area contributed by atoms with E-state index in [2.05, 4.69) is 6.58 Å². The quantitative estimate of drug-likeness (QED) is 0.635. The Morgan fingerprint density at radius 2 is 1.64 bits per heavy atom. The Hall–Kier alpha value is -2.10. The Morgan fingerprint density at radius 1 is 1.09 bits per heavy atom. The van der Waals surface area contributed by atoms with E-state index in [4.69, 9.17) is 9.47 Å². The van der Waals surface area contributed by atoms with Gasteiger partial charge in [0.25, 0.3) is 5.79 Å². The van der Waals surface area contributed by atoms with E-state index in [0.717, 1.165) is 24.0 Å². The monoisotopic (exact) mass is 300 g/mol. The molecule has 0 atom stereocenters. The van der Waals surface area contributed by atoms with Crippen LogP contribution in [0.1, 0.15) is 43.7 Å². The van der Waals surface area contributed by atoms with Crippen LogP contribution in [0.2, 0.25) is 0 Å². The first-order valence-electron chi connectivity index (χ1n) is 7.66. The summed E-state index contributed by atoms with van der Waals surface area (Å²) in [5, 5.41) is 0. The van der Waals surface area contributed by atoms with E-state index in [1.54, 1.807) is 13.0 Å². The highest BCUT2D eigenvalue weighted by molar-refractivity contribution is 6.01. The van der Waals surface area contributed by atoms with E-state index >= 15 is 0 Å². The summed E-state index contributed by atoms with van der Waals surface area (Å²) in [6.07, 6.45) is 5.07. The molecule has 1 saturated heterocycles. The first kappa shape index (κ1) is 14.8. The normalized spacial score (nSPS) is 22.2. The van der Waals surface area contributed by atoms with Crippen LogP contribution < -0.4 is 0 Å². The number of carbonyl (C=O) groups excluding carboxylic acids is 2. The van der Waals surface area contributed by atoms with E-state index in [1.165, 1.54) is 0 Å². The van der Waals surface area contributed by atoms with Gasteiger partial charge in [0.2, 0.25) is 0 Å². The van der Waals surface area contributed by atoms with Crippen LogP contribution in [-0.2, 0) is 25.5 Å². The van der Waals surface area contributed by atoms with Crippen LogP contribution in [0.4, 0.5) is 0 Å². The molecule has 0 aromatic heterocycles. The van der Waals surface area contributed by atoms with Crippen molar-refractivity contribution in [3.63, 3.8) is 0 Å². The number of rotatable bonds is 3. The van der Waals surface area contributed by atoms with Gasteiger partial charge >= 0.3 is 11.9 Å². The van der Waals surface area contributed by atoms with Gasteiger partial charge in [-0.25, -0.2) is 0 Å². The first-order valence-corrected chi connectivity index (χ1v) is 7.66. The minimum atomic E-state index is -1.27. The molecule has 3 rings (SSSR count). The number of hydrogen-bond donors (Lipinski definition) is 0. The van der Waals surface area contributed by atoms with Crippen LogP contribution in [0.15, 0.2) is 30.8 Å². The lowest BCUT2D eigenvalue weighted by molar-refractivity contribution is -0.259. The number of benzene rings is 1. The summed E-state index contributed by atoms with van der Waals surface area (Å²) in [4.78, 5) is 25.0. The highest BCUT2D eigenvalue weighted by Crippen LogP contribution is 2.43. The zero-order valence-corrected chi connectivity index (χ0v) is 12.8. The summed E-state index contributed by atoms with van der Waals surface area (Å²) in [6, 6.07) is 7.60. The van der Waals surface area contributed by atoms with Crippen molar-refractivity contribution in [3.8, 4) is 0 Å². The lowest BCUT2D eigenvalue weighted by Crippen LogP contribution is -2.54. The average molecular weight is 300 g/mol. The predicted molar refractivity (Wildman–Crippen MR) is 81.7 cm³/mol. The van der Waals surface area contributed by atoms with Gasteiger partial charge in [-0.1, -0.05) is 36.9 Å². The molecule has 2 aliphatic rings. The lowest BCUT2D eigenvalue weighted by Gasteiger charge is -2.40. The summed E-state index contributed by atoms with van der Waals surface area (Å²) in [5.74, 6) is -1.95. The number of hydrogen-bond acceptors (Lipinski definition) is 4. The van der Waals surface area contributed by atoms with Gasteiger partial charge in [-0.05, 0) is 37.3 Å². The molecule has 1 aliphatic heterocycles. The molecule has 4 heteroatoms. The average Bonchev–Trinajstić information content (AvgIpc) is 2.94. The second kappa shape index (κ2) is 5.27. The molecule has 1 aromatic carbocycles. The smallest absolute Gasteiger partial charge is 0.326 e. The highest BCUT2D eigenvalue weighted by Gasteiger charge is 2.56. The van der Waals surface area contributed by atoms with Crippen LogP contribution in [0.25, 0.3) is 6.08 Å². The zero-order chi connectivity index (χ0) is 15.8. The van der Waals surface area contributed by atoms with Crippen molar-refractivity contribution < 1.29 is 19.1 Å². The van der Waals surface area contributed by atoms with Crippen LogP contribution in [0, 0.1) is 5.41 Å². The lowest BCUT2D eigenvalue weighted by atomic mass is 9.82. The Labute approximate surface area is 130 Å². The standard InChI is InChI=1S/C18H20O4/c1-3-13-6-8-14(9-7-13)12-17(2)15(19)21-18(22-16(17)20)10-4-5-11-18/h3,6-9H,1,4-5,10-12H2,2H3. The molecule has 1 aliphatic carbocycles. The van der Waals surface area contributed by atoms with Crippen molar-refractivity contribution in [2.45, 2.75) is 44.8 Å². The van der Waals surface area contributed by atoms with Crippen LogP contribution in [-0.4, -0.2) is 17.7 Å². The number of carbonyl (C=O) groups is 2. The third-order valence-corrected chi connectivity index (χ3v) is 4.60. The topological polar surface area (TPSA) is 52.6 Å². The van der Waals surface area contributed by atoms with Crippen molar-refractivity contribution >= 4 is 18.0 Å². The van der Waals surface area contributed by atoms with Gasteiger partial charge in [-0.15, -0.1) is 0 Å². The molecular weight excluding hydrogens is 280 g/mol. The molecule has 2 fully saturated rings. The zero-order valence-electron chi connectivity index (χ0n) is 12.8. The molecule has 1 heterocycles. The van der Waals surface area contributed by atoms with Gasteiger partial charge in [-0.3, -0.25) is 9.59 Å². The Bertz CT molecular complexity index is 588. The van der Waals surface area contributed by atoms with Crippen LogP contribution >= 0.6 is 0 Å². The van der Waals surface area contributed by atoms with Gasteiger partial charge in [0, 0.05) is 12.8 Å². The Balaban J connectivity index is 1.80. The second-order valence-electron chi connectivity index (χ2n) is 6.35. The van der Waals surface area contributed by atoms with Crippen LogP contribution in [0.5, 0.6) is 0 Å². The number of esters is 2. The molecule has 0 bridgehead atoms. The Morgan fingerprint density at radius 3 is 2.14 bits per heavy atom. The van der Waals surface area contributed by atoms with Crippen molar-refractivity contribution in [2.24, 2.45) is 5.41 Å². The van der Waals surface area contributed by atoms with Gasteiger partial charge in [0.15, 0.2) is 5.41 Å². The van der Waals surface area contributed by atoms with Gasteiger partial charge < -0.3 is 9.47 Å². The highest BCUT2D eigenvalue weighted by atomic mass is 16.7. The molecular formula is C18H20O4. The van der Waals surface area contributed by atoms with E-state index in [1.807, 2.05) is 24.3 Å². The largest absolute Gasteiger partial charge is 0.422 e. The maximum atomic E-state index is 12.5. The maximum absolute atomic E-state index is 12.5. The van der Waals surface area contributed by atoms with Crippen molar-refractivity contribution in [1.29, 1.82) is 0 Å². The summed E-state index contributed by atoms with van der Waals surface area (Å²) in [7, 11) is 0. The fourth-order valence-corrected chi connectivity index (χ4v) is 3.11. The molecule has 22 heavy (non-hydrogen) atoms. The summed E-state index contributed by atoms with van der Waals surface area (Å²) >= 11 is 0. The summed E-state index contributed by atoms with van der Waals surface area (Å²) in [6.45, 7) is 5.30. The minimum Gasteiger partial charge on any atom is -0.422 e. The summed E-state index contributed by atoms with van der Waals surface area (Å²) < 4.78 is 11.1. The predicted octanol–water partition coefficient (Wildman–Crippen LogP) is 3.25. The second-order valence-corrected chi connectivity index (χ2v) is 6.35. The fourth-order valence-electron chi connectivity index (χ4n) is 3.11. The van der Waals surface area contributed by atoms with Crippen LogP contribution in [0.3, 0.4) is 0 Å². The van der Waals surface area contributed by atoms with Gasteiger partial charge in [0.1, 0.15) is 0 Å². The molecule has 0 unspecified atom stereocenters. The molecule has 1 saturated carbocycles. The molecule has 1 spiro atoms. The minimum absolute atomic E-state index is 0.276. The SMILES string of the molecule is C=Cc1ccc(CC2(C)C(=O)OC3(CCCC3)OC2=O)cc1. The molecule has 0 amide bonds. The van der Waals surface area contributed by atoms with Crippen molar-refractivity contribution in [1.82, 2.24) is 0 Å². The molecule has 4 nitrogen and oxygen atoms in total. The Kier molecular flexibility index (Phi) is 3.55. The number of ether oxygens (including phenoxy) is 2. The fraction of sp³-hybridized carbons (Fsp3) is 0.444. The van der Waals surface area contributed by atoms with Crippen molar-refractivity contribution in [2.75, 3.05) is 0 Å². The summed E-state index contributed by atoms with van der Waals surface area (Å²) in [5.41, 5.74) is 0.612. The molecule has 0 N–H and O–H groups in total. The maximum Gasteiger partial charge on any atom is 0.326 e. The molecule has 116 valence electrons. The first-order chi connectivity index (χ1) is 10.5. The van der Waals surface area contributed by atoms with Crippen molar-refractivity contribution in [3.05, 3.63) is 42.0 Å². The van der Waals surface area contributed by atoms with E-state index < -0.39 is 23.1 Å². The van der Waals surface area contributed by atoms with E-state index in [-0.39, 0.29) is 6.42 Å².